The Labute approximate surface area is 242 Å². The average Bonchev–Trinajstić information content (AvgIpc) is 3.68. The summed E-state index contributed by atoms with van der Waals surface area (Å²) >= 11 is 0. The summed E-state index contributed by atoms with van der Waals surface area (Å²) in [7, 11) is 0.132. The van der Waals surface area contributed by atoms with Gasteiger partial charge in [0.1, 0.15) is 0 Å². The molecule has 0 nitrogen and oxygen atoms in total. The molecular weight excluding hydrogens is 526 g/mol. The maximum absolute atomic E-state index is 2.69. The van der Waals surface area contributed by atoms with Gasteiger partial charge in [0.25, 0.3) is 0 Å². The summed E-state index contributed by atoms with van der Waals surface area (Å²) in [6.07, 6.45) is 30.6. The van der Waals surface area contributed by atoms with Crippen molar-refractivity contribution in [2.24, 2.45) is 0 Å². The van der Waals surface area contributed by atoms with Crippen molar-refractivity contribution in [1.82, 2.24) is 0 Å². The first-order valence-electron chi connectivity index (χ1n) is 15.9. The summed E-state index contributed by atoms with van der Waals surface area (Å²) in [5.74, 6) is 0. The molecule has 37 heavy (non-hydrogen) atoms. The van der Waals surface area contributed by atoms with Crippen molar-refractivity contribution in [1.29, 1.82) is 0 Å². The van der Waals surface area contributed by atoms with Crippen LogP contribution < -0.4 is 10.6 Å². The van der Waals surface area contributed by atoms with Crippen LogP contribution in [0.1, 0.15) is 128 Å². The first-order chi connectivity index (χ1) is 17.9. The van der Waals surface area contributed by atoms with Gasteiger partial charge in [-0.3, -0.25) is 0 Å². The van der Waals surface area contributed by atoms with Gasteiger partial charge in [-0.2, -0.15) is 24.3 Å². The second-order valence-electron chi connectivity index (χ2n) is 12.2. The van der Waals surface area contributed by atoms with E-state index in [0.29, 0.717) is 0 Å². The van der Waals surface area contributed by atoms with Crippen LogP contribution in [-0.4, -0.2) is 22.6 Å². The van der Waals surface area contributed by atoms with Gasteiger partial charge in [-0.25, -0.2) is 24.3 Å². The number of rotatable bonds is 6. The van der Waals surface area contributed by atoms with Gasteiger partial charge < -0.3 is 0 Å². The smallest absolute Gasteiger partial charge is 0.214 e. The van der Waals surface area contributed by atoms with Gasteiger partial charge in [-0.15, -0.1) is 18.5 Å². The predicted octanol–water partition coefficient (Wildman–Crippen LogP) is 10.4. The van der Waals surface area contributed by atoms with Crippen molar-refractivity contribution in [2.75, 3.05) is 0 Å². The predicted molar refractivity (Wildman–Crippen MR) is 165 cm³/mol. The third-order valence-corrected chi connectivity index (χ3v) is 17.0. The van der Waals surface area contributed by atoms with E-state index in [9.17, 15) is 0 Å². The van der Waals surface area contributed by atoms with Crippen LogP contribution in [0.2, 0.25) is 0 Å². The summed E-state index contributed by atoms with van der Waals surface area (Å²) in [6.45, 7) is 0. The summed E-state index contributed by atoms with van der Waals surface area (Å²) < 4.78 is 0. The first kappa shape index (κ1) is 30.0. The summed E-state index contributed by atoms with van der Waals surface area (Å²) in [5.41, 5.74) is 4.23. The topological polar surface area (TPSA) is 0 Å². The minimum atomic E-state index is 0. The molecule has 0 spiro atoms. The molecular formula is C34H52FeP2. The molecule has 4 aliphatic rings. The van der Waals surface area contributed by atoms with Crippen LogP contribution >= 0.6 is 15.8 Å². The Balaban J connectivity index is 0.000000479. The molecule has 0 aromatic heterocycles. The van der Waals surface area contributed by atoms with Crippen LogP contribution in [0.3, 0.4) is 0 Å². The van der Waals surface area contributed by atoms with Crippen LogP contribution in [0.25, 0.3) is 0 Å². The zero-order valence-electron chi connectivity index (χ0n) is 23.3. The molecule has 206 valence electrons. The summed E-state index contributed by atoms with van der Waals surface area (Å²) in [6, 6.07) is 17.9. The van der Waals surface area contributed by atoms with Crippen molar-refractivity contribution in [3.8, 4) is 0 Å². The largest absolute Gasteiger partial charge is 2.00 e. The third-order valence-electron chi connectivity index (χ3n) is 9.75. The van der Waals surface area contributed by atoms with Crippen LogP contribution in [0.5, 0.6) is 0 Å². The molecule has 2 aromatic carbocycles. The molecule has 0 bridgehead atoms. The molecule has 0 saturated heterocycles. The second-order valence-corrected chi connectivity index (χ2v) is 17.8. The molecule has 0 unspecified atom stereocenters. The van der Waals surface area contributed by atoms with Gasteiger partial charge in [-0.1, -0.05) is 85.0 Å². The normalized spacial score (nSPS) is 23.0. The quantitative estimate of drug-likeness (QED) is 0.182. The Bertz CT molecular complexity index is 710. The van der Waals surface area contributed by atoms with Crippen molar-refractivity contribution in [3.05, 3.63) is 48.5 Å². The van der Waals surface area contributed by atoms with Gasteiger partial charge in [0.15, 0.2) is 0 Å². The number of hydrogen-bond acceptors (Lipinski definition) is 0. The Kier molecular flexibility index (Phi) is 13.3. The molecule has 0 N–H and O–H groups in total. The fraction of sp³-hybridized carbons (Fsp3) is 0.706. The summed E-state index contributed by atoms with van der Waals surface area (Å²) in [4.78, 5) is 0. The fourth-order valence-electron chi connectivity index (χ4n) is 7.98. The average molecular weight is 579 g/mol. The van der Waals surface area contributed by atoms with Gasteiger partial charge in [-0.05, 0) is 74.0 Å². The van der Waals surface area contributed by atoms with E-state index in [4.69, 9.17) is 0 Å². The van der Waals surface area contributed by atoms with E-state index in [-0.39, 0.29) is 32.9 Å². The van der Waals surface area contributed by atoms with Crippen LogP contribution in [0, 0.1) is 0 Å². The summed E-state index contributed by atoms with van der Waals surface area (Å²) in [5, 5.41) is 3.94. The van der Waals surface area contributed by atoms with E-state index < -0.39 is 0 Å². The molecule has 3 heteroatoms. The Morgan fingerprint density at radius 2 is 0.946 bits per heavy atom. The molecule has 0 heterocycles. The van der Waals surface area contributed by atoms with Crippen LogP contribution in [0.15, 0.2) is 48.5 Å². The molecule has 4 aliphatic carbocycles. The van der Waals surface area contributed by atoms with Crippen molar-refractivity contribution in [3.63, 3.8) is 0 Å². The SMILES string of the molecule is [Fe+2].c1cc(P(C2CCCCC2)C2CCCCC2)[c-](P(C2CCCCC2)C2CCCCC2)c1.c1cc[cH-]c1. The van der Waals surface area contributed by atoms with Crippen molar-refractivity contribution < 1.29 is 17.1 Å². The van der Waals surface area contributed by atoms with Crippen LogP contribution in [-0.2, 0) is 17.1 Å². The minimum absolute atomic E-state index is 0. The number of hydrogen-bond donors (Lipinski definition) is 0. The van der Waals surface area contributed by atoms with Gasteiger partial charge in [0, 0.05) is 0 Å². The molecule has 6 rings (SSSR count). The van der Waals surface area contributed by atoms with E-state index in [2.05, 4.69) is 18.2 Å². The van der Waals surface area contributed by atoms with E-state index >= 15 is 0 Å². The zero-order valence-corrected chi connectivity index (χ0v) is 26.2. The van der Waals surface area contributed by atoms with E-state index in [1.54, 1.807) is 51.4 Å². The van der Waals surface area contributed by atoms with Crippen molar-refractivity contribution in [2.45, 2.75) is 151 Å². The standard InChI is InChI=1S/C29H47P2.C5H5.Fe/c1-5-14-24(15-6-1)30(25-16-7-2-8-17-25)28-22-13-23-29(28)31(26-18-9-3-10-19-26)27-20-11-4-12-21-27;1-2-4-5-3-1;/h13,22-27H,1-12,14-21H2;1-5H;/q2*-1;+2. The molecule has 0 atom stereocenters. The molecule has 0 aliphatic heterocycles. The van der Waals surface area contributed by atoms with Gasteiger partial charge in [0.05, 0.1) is 0 Å². The molecule has 0 radical (unpaired) electrons. The minimum Gasteiger partial charge on any atom is -0.214 e. The monoisotopic (exact) mass is 578 g/mol. The van der Waals surface area contributed by atoms with Crippen molar-refractivity contribution >= 4 is 26.5 Å². The first-order valence-corrected chi connectivity index (χ1v) is 18.9. The maximum atomic E-state index is 2.69. The fourth-order valence-corrected chi connectivity index (χ4v) is 16.3. The maximum Gasteiger partial charge on any atom is 2.00 e. The Morgan fingerprint density at radius 1 is 0.541 bits per heavy atom. The second kappa shape index (κ2) is 16.4. The molecule has 0 amide bonds. The van der Waals surface area contributed by atoms with E-state index in [0.717, 1.165) is 22.6 Å². The Hall–Kier alpha value is 0.0795. The van der Waals surface area contributed by atoms with Crippen LogP contribution in [0.4, 0.5) is 0 Å². The zero-order chi connectivity index (χ0) is 24.4. The Morgan fingerprint density at radius 3 is 1.32 bits per heavy atom. The third kappa shape index (κ3) is 8.29. The van der Waals surface area contributed by atoms with Gasteiger partial charge in [0.2, 0.25) is 0 Å². The van der Waals surface area contributed by atoms with E-state index in [1.165, 1.54) is 77.0 Å². The molecule has 2 aromatic rings. The van der Waals surface area contributed by atoms with E-state index in [1.807, 2.05) is 40.9 Å². The molecule has 4 saturated carbocycles. The van der Waals surface area contributed by atoms with Gasteiger partial charge >= 0.3 is 17.1 Å². The molecule has 4 fully saturated rings.